The fraction of sp³-hybridized carbons (Fsp3) is 0.889. The van der Waals surface area contributed by atoms with Gasteiger partial charge in [-0.2, -0.15) is 4.31 Å². The first-order valence-electron chi connectivity index (χ1n) is 5.13. The Balaban J connectivity index is 2.85. The van der Waals surface area contributed by atoms with Crippen molar-refractivity contribution in [3.05, 3.63) is 0 Å². The number of primary amides is 1. The van der Waals surface area contributed by atoms with Gasteiger partial charge in [-0.25, -0.2) is 8.42 Å². The zero-order valence-corrected chi connectivity index (χ0v) is 9.96. The van der Waals surface area contributed by atoms with Crippen LogP contribution in [0.3, 0.4) is 0 Å². The molecule has 5 nitrogen and oxygen atoms in total. The third-order valence-corrected chi connectivity index (χ3v) is 4.47. The number of carbonyl (C=O) groups excluding carboxylic acids is 1. The summed E-state index contributed by atoms with van der Waals surface area (Å²) in [6, 6.07) is -0.669. The van der Waals surface area contributed by atoms with E-state index in [4.69, 9.17) is 5.73 Å². The maximum absolute atomic E-state index is 11.6. The number of rotatable bonds is 4. The second-order valence-corrected chi connectivity index (χ2v) is 6.37. The van der Waals surface area contributed by atoms with Crippen LogP contribution in [-0.2, 0) is 14.8 Å². The highest BCUT2D eigenvalue weighted by Crippen LogP contribution is 2.21. The van der Waals surface area contributed by atoms with Gasteiger partial charge in [0.1, 0.15) is 6.04 Å². The average molecular weight is 234 g/mol. The van der Waals surface area contributed by atoms with Gasteiger partial charge in [-0.3, -0.25) is 4.79 Å². The molecule has 0 aromatic heterocycles. The van der Waals surface area contributed by atoms with Crippen LogP contribution in [0.2, 0.25) is 0 Å². The van der Waals surface area contributed by atoms with Crippen molar-refractivity contribution >= 4 is 15.9 Å². The summed E-state index contributed by atoms with van der Waals surface area (Å²) >= 11 is 0. The van der Waals surface area contributed by atoms with E-state index in [0.717, 1.165) is 0 Å². The number of nitrogens with two attached hydrogens (primary N) is 1. The molecule has 0 aromatic rings. The zero-order valence-electron chi connectivity index (χ0n) is 9.14. The van der Waals surface area contributed by atoms with E-state index in [0.29, 0.717) is 19.4 Å². The van der Waals surface area contributed by atoms with Crippen molar-refractivity contribution in [2.75, 3.05) is 12.3 Å². The highest BCUT2D eigenvalue weighted by atomic mass is 32.2. The molecule has 1 amide bonds. The summed E-state index contributed by atoms with van der Waals surface area (Å²) in [7, 11) is -3.24. The largest absolute Gasteiger partial charge is 0.368 e. The molecule has 2 N–H and O–H groups in total. The van der Waals surface area contributed by atoms with E-state index in [1.165, 1.54) is 4.31 Å². The van der Waals surface area contributed by atoms with Crippen molar-refractivity contribution in [2.45, 2.75) is 32.7 Å². The standard InChI is InChI=1S/C9H18N2O3S/c1-7(2)6-8(9(10)12)11-4-3-5-15(11,13)14/h7-8H,3-6H2,1-2H3,(H2,10,12). The highest BCUT2D eigenvalue weighted by molar-refractivity contribution is 7.89. The summed E-state index contributed by atoms with van der Waals surface area (Å²) in [6.45, 7) is 4.31. The Morgan fingerprint density at radius 3 is 2.40 bits per heavy atom. The minimum Gasteiger partial charge on any atom is -0.368 e. The van der Waals surface area contributed by atoms with Gasteiger partial charge in [-0.1, -0.05) is 13.8 Å². The molecule has 1 atom stereocenters. The molecule has 1 unspecified atom stereocenters. The van der Waals surface area contributed by atoms with Gasteiger partial charge < -0.3 is 5.73 Å². The third-order valence-electron chi connectivity index (χ3n) is 2.51. The highest BCUT2D eigenvalue weighted by Gasteiger charge is 2.37. The molecule has 1 aliphatic heterocycles. The van der Waals surface area contributed by atoms with E-state index in [1.807, 2.05) is 13.8 Å². The van der Waals surface area contributed by atoms with Crippen LogP contribution >= 0.6 is 0 Å². The third kappa shape index (κ3) is 2.92. The van der Waals surface area contributed by atoms with E-state index in [9.17, 15) is 13.2 Å². The summed E-state index contributed by atoms with van der Waals surface area (Å²) in [5.74, 6) is -0.165. The molecule has 1 aliphatic rings. The Bertz CT molecular complexity index is 337. The summed E-state index contributed by atoms with van der Waals surface area (Å²) < 4.78 is 24.5. The molecule has 0 spiro atoms. The van der Waals surface area contributed by atoms with E-state index in [1.54, 1.807) is 0 Å². The van der Waals surface area contributed by atoms with Crippen molar-refractivity contribution in [3.63, 3.8) is 0 Å². The lowest BCUT2D eigenvalue weighted by Gasteiger charge is -2.24. The number of amides is 1. The van der Waals surface area contributed by atoms with Crippen LogP contribution in [0.4, 0.5) is 0 Å². The molecule has 1 rings (SSSR count). The quantitative estimate of drug-likeness (QED) is 0.739. The molecule has 0 aromatic carbocycles. The number of carbonyl (C=O) groups is 1. The van der Waals surface area contributed by atoms with Crippen LogP contribution < -0.4 is 5.73 Å². The Kier molecular flexibility index (Phi) is 3.72. The smallest absolute Gasteiger partial charge is 0.235 e. The summed E-state index contributed by atoms with van der Waals surface area (Å²) in [4.78, 5) is 11.2. The van der Waals surface area contributed by atoms with Gasteiger partial charge in [0, 0.05) is 6.54 Å². The first kappa shape index (κ1) is 12.4. The number of nitrogens with zero attached hydrogens (tertiary/aromatic N) is 1. The van der Waals surface area contributed by atoms with Crippen LogP contribution in [-0.4, -0.2) is 37.0 Å². The van der Waals surface area contributed by atoms with Crippen molar-refractivity contribution in [1.82, 2.24) is 4.31 Å². The van der Waals surface area contributed by atoms with E-state index < -0.39 is 22.0 Å². The fourth-order valence-corrected chi connectivity index (χ4v) is 3.54. The van der Waals surface area contributed by atoms with Crippen LogP contribution in [0, 0.1) is 5.92 Å². The minimum atomic E-state index is -3.24. The Morgan fingerprint density at radius 1 is 1.47 bits per heavy atom. The van der Waals surface area contributed by atoms with Gasteiger partial charge in [-0.05, 0) is 18.8 Å². The van der Waals surface area contributed by atoms with Crippen LogP contribution in [0.15, 0.2) is 0 Å². The lowest BCUT2D eigenvalue weighted by Crippen LogP contribution is -2.46. The average Bonchev–Trinajstić information content (AvgIpc) is 2.40. The minimum absolute atomic E-state index is 0.134. The molecule has 88 valence electrons. The van der Waals surface area contributed by atoms with Gasteiger partial charge >= 0.3 is 0 Å². The predicted molar refractivity (Wildman–Crippen MR) is 57.5 cm³/mol. The second kappa shape index (κ2) is 4.49. The summed E-state index contributed by atoms with van der Waals surface area (Å²) in [6.07, 6.45) is 1.08. The Labute approximate surface area is 90.7 Å². The molecule has 0 bridgehead atoms. The summed E-state index contributed by atoms with van der Waals surface area (Å²) in [5, 5.41) is 0. The molecule has 0 radical (unpaired) electrons. The van der Waals surface area contributed by atoms with Gasteiger partial charge in [-0.15, -0.1) is 0 Å². The number of hydrogen-bond acceptors (Lipinski definition) is 3. The molecule has 6 heteroatoms. The van der Waals surface area contributed by atoms with E-state index >= 15 is 0 Å². The van der Waals surface area contributed by atoms with Gasteiger partial charge in [0.2, 0.25) is 15.9 Å². The molecular weight excluding hydrogens is 216 g/mol. The van der Waals surface area contributed by atoms with Crippen LogP contribution in [0.25, 0.3) is 0 Å². The lowest BCUT2D eigenvalue weighted by molar-refractivity contribution is -0.122. The Hall–Kier alpha value is -0.620. The SMILES string of the molecule is CC(C)CC(C(N)=O)N1CCCS1(=O)=O. The normalized spacial score (nSPS) is 23.1. The first-order valence-corrected chi connectivity index (χ1v) is 6.74. The van der Waals surface area contributed by atoms with Crippen LogP contribution in [0.1, 0.15) is 26.7 Å². The van der Waals surface area contributed by atoms with E-state index in [-0.39, 0.29) is 11.7 Å². The van der Waals surface area contributed by atoms with Gasteiger partial charge in [0.05, 0.1) is 5.75 Å². The molecule has 1 heterocycles. The predicted octanol–water partition coefficient (Wildman–Crippen LogP) is -0.0781. The fourth-order valence-electron chi connectivity index (χ4n) is 1.83. The number of hydrogen-bond donors (Lipinski definition) is 1. The molecular formula is C9H18N2O3S. The Morgan fingerprint density at radius 2 is 2.07 bits per heavy atom. The van der Waals surface area contributed by atoms with Gasteiger partial charge in [0.15, 0.2) is 0 Å². The van der Waals surface area contributed by atoms with Crippen molar-refractivity contribution in [1.29, 1.82) is 0 Å². The molecule has 0 aliphatic carbocycles. The van der Waals surface area contributed by atoms with E-state index in [2.05, 4.69) is 0 Å². The molecule has 1 saturated heterocycles. The number of sulfonamides is 1. The topological polar surface area (TPSA) is 80.5 Å². The zero-order chi connectivity index (χ0) is 11.6. The molecule has 15 heavy (non-hydrogen) atoms. The molecule has 1 fully saturated rings. The monoisotopic (exact) mass is 234 g/mol. The van der Waals surface area contributed by atoms with Crippen molar-refractivity contribution in [2.24, 2.45) is 11.7 Å². The maximum Gasteiger partial charge on any atom is 0.235 e. The lowest BCUT2D eigenvalue weighted by atomic mass is 10.0. The summed E-state index contributed by atoms with van der Waals surface area (Å²) in [5.41, 5.74) is 5.24. The first-order chi connectivity index (χ1) is 6.84. The van der Waals surface area contributed by atoms with Crippen molar-refractivity contribution in [3.8, 4) is 0 Å². The van der Waals surface area contributed by atoms with Crippen LogP contribution in [0.5, 0.6) is 0 Å². The second-order valence-electron chi connectivity index (χ2n) is 4.33. The molecule has 0 saturated carbocycles. The van der Waals surface area contributed by atoms with Crippen molar-refractivity contribution < 1.29 is 13.2 Å². The van der Waals surface area contributed by atoms with Gasteiger partial charge in [0.25, 0.3) is 0 Å². The maximum atomic E-state index is 11.6.